The van der Waals surface area contributed by atoms with Crippen molar-refractivity contribution in [2.24, 2.45) is 0 Å². The fraction of sp³-hybridized carbons (Fsp3) is 0.692. The van der Waals surface area contributed by atoms with E-state index in [0.717, 1.165) is 11.5 Å². The van der Waals surface area contributed by atoms with Crippen LogP contribution >= 0.6 is 0 Å². The van der Waals surface area contributed by atoms with Crippen LogP contribution in [0.4, 0.5) is 0 Å². The highest BCUT2D eigenvalue weighted by Crippen LogP contribution is 2.21. The van der Waals surface area contributed by atoms with Crippen LogP contribution < -0.4 is 5.32 Å². The first-order valence-corrected chi connectivity index (χ1v) is 6.01. The number of hydrogen-bond acceptors (Lipinski definition) is 4. The maximum Gasteiger partial charge on any atom is 0.105 e. The molecule has 4 nitrogen and oxygen atoms in total. The van der Waals surface area contributed by atoms with E-state index >= 15 is 0 Å². The standard InChI is InChI=1S/C13H23NO3/c1-9-7-13(11(3)17-9)10(2)14-12(5-6-15)8-16-4/h7,10,12,14-15H,5-6,8H2,1-4H3. The summed E-state index contributed by atoms with van der Waals surface area (Å²) >= 11 is 0. The van der Waals surface area contributed by atoms with Gasteiger partial charge in [0.25, 0.3) is 0 Å². The van der Waals surface area contributed by atoms with Crippen LogP contribution in [0.1, 0.15) is 36.5 Å². The van der Waals surface area contributed by atoms with Crippen LogP contribution in [-0.2, 0) is 4.74 Å². The molecule has 1 aromatic heterocycles. The number of nitrogens with one attached hydrogen (secondary N) is 1. The summed E-state index contributed by atoms with van der Waals surface area (Å²) in [4.78, 5) is 0. The Kier molecular flexibility index (Phi) is 5.68. The molecule has 0 spiro atoms. The highest BCUT2D eigenvalue weighted by atomic mass is 16.5. The molecule has 1 heterocycles. The Morgan fingerprint density at radius 1 is 1.47 bits per heavy atom. The Hall–Kier alpha value is -0.840. The van der Waals surface area contributed by atoms with E-state index in [1.807, 2.05) is 13.8 Å². The van der Waals surface area contributed by atoms with E-state index in [4.69, 9.17) is 14.3 Å². The van der Waals surface area contributed by atoms with E-state index in [1.54, 1.807) is 7.11 Å². The van der Waals surface area contributed by atoms with E-state index in [0.29, 0.717) is 13.0 Å². The minimum absolute atomic E-state index is 0.162. The van der Waals surface area contributed by atoms with Crippen molar-refractivity contribution >= 4 is 0 Å². The lowest BCUT2D eigenvalue weighted by Gasteiger charge is -2.22. The SMILES string of the molecule is COCC(CCO)NC(C)c1cc(C)oc1C. The molecule has 4 heteroatoms. The first kappa shape index (κ1) is 14.2. The molecule has 0 amide bonds. The highest BCUT2D eigenvalue weighted by Gasteiger charge is 2.16. The normalized spacial score (nSPS) is 14.9. The molecule has 0 aliphatic heterocycles. The Morgan fingerprint density at radius 2 is 2.18 bits per heavy atom. The molecule has 0 aromatic carbocycles. The Labute approximate surface area is 103 Å². The van der Waals surface area contributed by atoms with Gasteiger partial charge in [0.2, 0.25) is 0 Å². The second-order valence-electron chi connectivity index (χ2n) is 4.42. The fourth-order valence-corrected chi connectivity index (χ4v) is 2.10. The molecule has 2 unspecified atom stereocenters. The molecule has 0 bridgehead atoms. The Balaban J connectivity index is 2.62. The zero-order valence-electron chi connectivity index (χ0n) is 11.1. The summed E-state index contributed by atoms with van der Waals surface area (Å²) in [6.45, 7) is 6.77. The number of ether oxygens (including phenoxy) is 1. The van der Waals surface area contributed by atoms with Gasteiger partial charge in [-0.2, -0.15) is 0 Å². The zero-order valence-corrected chi connectivity index (χ0v) is 11.1. The van der Waals surface area contributed by atoms with Crippen LogP contribution in [0.15, 0.2) is 10.5 Å². The van der Waals surface area contributed by atoms with Crippen LogP contribution in [0.2, 0.25) is 0 Å². The molecule has 98 valence electrons. The van der Waals surface area contributed by atoms with E-state index in [1.165, 1.54) is 5.56 Å². The molecule has 0 aliphatic rings. The maximum absolute atomic E-state index is 8.99. The molecule has 0 fully saturated rings. The smallest absolute Gasteiger partial charge is 0.105 e. The van der Waals surface area contributed by atoms with Crippen LogP contribution in [0, 0.1) is 13.8 Å². The molecule has 2 N–H and O–H groups in total. The van der Waals surface area contributed by atoms with Crippen molar-refractivity contribution in [3.8, 4) is 0 Å². The van der Waals surface area contributed by atoms with Crippen LogP contribution in [0.25, 0.3) is 0 Å². The van der Waals surface area contributed by atoms with Crippen molar-refractivity contribution < 1.29 is 14.3 Å². The minimum Gasteiger partial charge on any atom is -0.466 e. The third-order valence-corrected chi connectivity index (χ3v) is 2.88. The minimum atomic E-state index is 0.162. The third-order valence-electron chi connectivity index (χ3n) is 2.88. The van der Waals surface area contributed by atoms with E-state index < -0.39 is 0 Å². The van der Waals surface area contributed by atoms with Crippen molar-refractivity contribution in [1.29, 1.82) is 0 Å². The summed E-state index contributed by atoms with van der Waals surface area (Å²) in [5.41, 5.74) is 1.17. The zero-order chi connectivity index (χ0) is 12.8. The molecule has 17 heavy (non-hydrogen) atoms. The molecular formula is C13H23NO3. The average molecular weight is 241 g/mol. The molecule has 0 saturated heterocycles. The van der Waals surface area contributed by atoms with Crippen molar-refractivity contribution in [3.63, 3.8) is 0 Å². The van der Waals surface area contributed by atoms with Gasteiger partial charge in [0.15, 0.2) is 0 Å². The lowest BCUT2D eigenvalue weighted by molar-refractivity contribution is 0.143. The first-order chi connectivity index (χ1) is 8.08. The monoisotopic (exact) mass is 241 g/mol. The number of aryl methyl sites for hydroxylation is 2. The Morgan fingerprint density at radius 3 is 2.65 bits per heavy atom. The van der Waals surface area contributed by atoms with Gasteiger partial charge in [-0.1, -0.05) is 0 Å². The molecule has 0 saturated carbocycles. The van der Waals surface area contributed by atoms with Crippen molar-refractivity contribution in [2.45, 2.75) is 39.3 Å². The number of rotatable bonds is 7. The third kappa shape index (κ3) is 4.15. The second-order valence-corrected chi connectivity index (χ2v) is 4.42. The van der Waals surface area contributed by atoms with Gasteiger partial charge in [0.05, 0.1) is 6.61 Å². The van der Waals surface area contributed by atoms with Crippen molar-refractivity contribution in [3.05, 3.63) is 23.2 Å². The number of furan rings is 1. The van der Waals surface area contributed by atoms with Gasteiger partial charge >= 0.3 is 0 Å². The second kappa shape index (κ2) is 6.79. The Bertz CT molecular complexity index is 329. The summed E-state index contributed by atoms with van der Waals surface area (Å²) < 4.78 is 10.6. The number of hydrogen-bond donors (Lipinski definition) is 2. The topological polar surface area (TPSA) is 54.6 Å². The summed E-state index contributed by atoms with van der Waals surface area (Å²) in [5, 5.41) is 12.4. The summed E-state index contributed by atoms with van der Waals surface area (Å²) in [5.74, 6) is 1.87. The predicted octanol–water partition coefficient (Wildman–Crippen LogP) is 1.94. The molecular weight excluding hydrogens is 218 g/mol. The van der Waals surface area contributed by atoms with Crippen molar-refractivity contribution in [1.82, 2.24) is 5.32 Å². The van der Waals surface area contributed by atoms with Gasteiger partial charge in [-0.05, 0) is 33.3 Å². The molecule has 2 atom stereocenters. The predicted molar refractivity (Wildman–Crippen MR) is 67.1 cm³/mol. The van der Waals surface area contributed by atoms with Gasteiger partial charge in [-0.25, -0.2) is 0 Å². The van der Waals surface area contributed by atoms with Gasteiger partial charge in [-0.15, -0.1) is 0 Å². The molecule has 0 radical (unpaired) electrons. The van der Waals surface area contributed by atoms with Gasteiger partial charge < -0.3 is 19.6 Å². The lowest BCUT2D eigenvalue weighted by atomic mass is 10.1. The van der Waals surface area contributed by atoms with E-state index in [-0.39, 0.29) is 18.7 Å². The van der Waals surface area contributed by atoms with Crippen LogP contribution in [0.5, 0.6) is 0 Å². The molecule has 1 aromatic rings. The van der Waals surface area contributed by atoms with Gasteiger partial charge in [-0.3, -0.25) is 0 Å². The summed E-state index contributed by atoms with van der Waals surface area (Å²) in [6, 6.07) is 2.41. The van der Waals surface area contributed by atoms with E-state index in [2.05, 4.69) is 18.3 Å². The number of methoxy groups -OCH3 is 1. The highest BCUT2D eigenvalue weighted by molar-refractivity contribution is 5.23. The largest absolute Gasteiger partial charge is 0.466 e. The number of aliphatic hydroxyl groups is 1. The van der Waals surface area contributed by atoms with Crippen molar-refractivity contribution in [2.75, 3.05) is 20.3 Å². The first-order valence-electron chi connectivity index (χ1n) is 6.01. The van der Waals surface area contributed by atoms with E-state index in [9.17, 15) is 0 Å². The number of aliphatic hydroxyl groups excluding tert-OH is 1. The average Bonchev–Trinajstić information content (AvgIpc) is 2.58. The maximum atomic E-state index is 8.99. The molecule has 1 rings (SSSR count). The molecule has 0 aliphatic carbocycles. The quantitative estimate of drug-likeness (QED) is 0.766. The summed E-state index contributed by atoms with van der Waals surface area (Å²) in [6.07, 6.45) is 0.689. The summed E-state index contributed by atoms with van der Waals surface area (Å²) in [7, 11) is 1.67. The van der Waals surface area contributed by atoms with Crippen LogP contribution in [0.3, 0.4) is 0 Å². The van der Waals surface area contributed by atoms with Gasteiger partial charge in [0, 0.05) is 31.4 Å². The lowest BCUT2D eigenvalue weighted by Crippen LogP contribution is -2.36. The van der Waals surface area contributed by atoms with Gasteiger partial charge in [0.1, 0.15) is 11.5 Å². The van der Waals surface area contributed by atoms with Crippen LogP contribution in [-0.4, -0.2) is 31.5 Å². The fourth-order valence-electron chi connectivity index (χ4n) is 2.10.